The standard InChI is InChI=1S/C21H23N3O7S/c1-29-17-6-3-14(11-19(17)30-2)22-20(25)13-7-9-24(10-8-13)32(27,28)15-4-5-16-18(12-15)31-21(26)23-16/h3-6,11-13H,7-10H2,1-2H3,(H,22,25)(H,23,26). The molecule has 2 aromatic carbocycles. The van der Waals surface area contributed by atoms with Gasteiger partial charge in [0.15, 0.2) is 17.1 Å². The zero-order valence-electron chi connectivity index (χ0n) is 17.6. The van der Waals surface area contributed by atoms with Gasteiger partial charge in [0, 0.05) is 36.8 Å². The summed E-state index contributed by atoms with van der Waals surface area (Å²) in [5, 5.41) is 2.86. The van der Waals surface area contributed by atoms with Gasteiger partial charge in [-0.15, -0.1) is 0 Å². The van der Waals surface area contributed by atoms with Crippen LogP contribution < -0.4 is 20.5 Å². The molecule has 3 aromatic rings. The normalized spacial score (nSPS) is 15.6. The quantitative estimate of drug-likeness (QED) is 0.575. The fraction of sp³-hybridized carbons (Fsp3) is 0.333. The number of benzene rings is 2. The Hall–Kier alpha value is -3.31. The molecule has 170 valence electrons. The highest BCUT2D eigenvalue weighted by atomic mass is 32.2. The molecule has 0 aliphatic carbocycles. The number of aromatic amines is 1. The Morgan fingerprint density at radius 2 is 1.81 bits per heavy atom. The SMILES string of the molecule is COc1ccc(NC(=O)C2CCN(S(=O)(=O)c3ccc4[nH]c(=O)oc4c3)CC2)cc1OC. The molecule has 11 heteroatoms. The number of rotatable bonds is 6. The lowest BCUT2D eigenvalue weighted by Crippen LogP contribution is -2.41. The molecule has 10 nitrogen and oxygen atoms in total. The minimum absolute atomic E-state index is 0.0426. The smallest absolute Gasteiger partial charge is 0.417 e. The maximum absolute atomic E-state index is 13.0. The zero-order valence-corrected chi connectivity index (χ0v) is 18.4. The van der Waals surface area contributed by atoms with E-state index in [1.54, 1.807) is 18.2 Å². The second kappa shape index (κ2) is 8.67. The Kier molecular flexibility index (Phi) is 5.94. The Bertz CT molecular complexity index is 1300. The van der Waals surface area contributed by atoms with Gasteiger partial charge >= 0.3 is 5.76 Å². The zero-order chi connectivity index (χ0) is 22.9. The highest BCUT2D eigenvalue weighted by Crippen LogP contribution is 2.31. The summed E-state index contributed by atoms with van der Waals surface area (Å²) in [4.78, 5) is 26.5. The van der Waals surface area contributed by atoms with Crippen molar-refractivity contribution in [3.63, 3.8) is 0 Å². The van der Waals surface area contributed by atoms with Crippen LogP contribution in [0, 0.1) is 5.92 Å². The number of ether oxygens (including phenoxy) is 2. The number of fused-ring (bicyclic) bond motifs is 1. The maximum Gasteiger partial charge on any atom is 0.417 e. The van der Waals surface area contributed by atoms with Gasteiger partial charge in [0.2, 0.25) is 15.9 Å². The molecule has 1 amide bonds. The second-order valence-corrected chi connectivity index (χ2v) is 9.35. The Labute approximate surface area is 184 Å². The van der Waals surface area contributed by atoms with Gasteiger partial charge in [-0.2, -0.15) is 4.31 Å². The molecule has 2 N–H and O–H groups in total. The third-order valence-corrected chi connectivity index (χ3v) is 7.40. The van der Waals surface area contributed by atoms with Crippen molar-refractivity contribution in [1.29, 1.82) is 0 Å². The molecule has 1 saturated heterocycles. The summed E-state index contributed by atoms with van der Waals surface area (Å²) in [5.74, 6) is -0.0806. The number of carbonyl (C=O) groups excluding carboxylic acids is 1. The number of nitrogens with one attached hydrogen (secondary N) is 2. The fourth-order valence-electron chi connectivity index (χ4n) is 3.75. The number of oxazole rings is 1. The summed E-state index contributed by atoms with van der Waals surface area (Å²) in [7, 11) is -0.727. The highest BCUT2D eigenvalue weighted by molar-refractivity contribution is 7.89. The number of amides is 1. The summed E-state index contributed by atoms with van der Waals surface area (Å²) in [5.41, 5.74) is 1.18. The third kappa shape index (κ3) is 4.21. The Morgan fingerprint density at radius 3 is 2.50 bits per heavy atom. The lowest BCUT2D eigenvalue weighted by Gasteiger charge is -2.30. The van der Waals surface area contributed by atoms with Gasteiger partial charge in [-0.1, -0.05) is 0 Å². The van der Waals surface area contributed by atoms with E-state index >= 15 is 0 Å². The van der Waals surface area contributed by atoms with Gasteiger partial charge in [0.1, 0.15) is 0 Å². The number of hydrogen-bond acceptors (Lipinski definition) is 7. The van der Waals surface area contributed by atoms with Crippen molar-refractivity contribution in [2.45, 2.75) is 17.7 Å². The summed E-state index contributed by atoms with van der Waals surface area (Å²) in [6.45, 7) is 0.420. The van der Waals surface area contributed by atoms with E-state index in [4.69, 9.17) is 13.9 Å². The predicted molar refractivity (Wildman–Crippen MR) is 116 cm³/mol. The van der Waals surface area contributed by atoms with Crippen molar-refractivity contribution >= 4 is 32.7 Å². The molecule has 1 fully saturated rings. The average molecular weight is 461 g/mol. The number of anilines is 1. The van der Waals surface area contributed by atoms with E-state index < -0.39 is 15.8 Å². The monoisotopic (exact) mass is 461 g/mol. The van der Waals surface area contributed by atoms with Crippen molar-refractivity contribution in [3.8, 4) is 11.5 Å². The predicted octanol–water partition coefficient (Wildman–Crippen LogP) is 2.18. The lowest BCUT2D eigenvalue weighted by molar-refractivity contribution is -0.120. The number of aromatic nitrogens is 1. The number of piperidine rings is 1. The van der Waals surface area contributed by atoms with Crippen molar-refractivity contribution in [1.82, 2.24) is 9.29 Å². The molecular weight excluding hydrogens is 438 g/mol. The topological polar surface area (TPSA) is 131 Å². The molecule has 4 rings (SSSR count). The molecule has 0 spiro atoms. The Morgan fingerprint density at radius 1 is 1.09 bits per heavy atom. The first-order valence-corrected chi connectivity index (χ1v) is 11.4. The first-order chi connectivity index (χ1) is 15.3. The van der Waals surface area contributed by atoms with E-state index in [-0.39, 0.29) is 35.4 Å². The van der Waals surface area contributed by atoms with Gasteiger partial charge in [0.05, 0.1) is 24.6 Å². The van der Waals surface area contributed by atoms with Crippen LogP contribution in [0.4, 0.5) is 5.69 Å². The van der Waals surface area contributed by atoms with E-state index in [1.165, 1.54) is 36.7 Å². The van der Waals surface area contributed by atoms with Crippen LogP contribution in [-0.2, 0) is 14.8 Å². The summed E-state index contributed by atoms with van der Waals surface area (Å²) < 4.78 is 42.8. The number of hydrogen-bond donors (Lipinski definition) is 2. The van der Waals surface area contributed by atoms with Crippen LogP contribution >= 0.6 is 0 Å². The van der Waals surface area contributed by atoms with Crippen molar-refractivity contribution < 1.29 is 27.1 Å². The van der Waals surface area contributed by atoms with Gasteiger partial charge in [-0.3, -0.25) is 9.78 Å². The van der Waals surface area contributed by atoms with Crippen LogP contribution in [0.1, 0.15) is 12.8 Å². The molecule has 1 aliphatic rings. The molecule has 0 atom stereocenters. The number of nitrogens with zero attached hydrogens (tertiary/aromatic N) is 1. The van der Waals surface area contributed by atoms with Gasteiger partial charge in [-0.25, -0.2) is 13.2 Å². The summed E-state index contributed by atoms with van der Waals surface area (Å²) in [6, 6.07) is 9.35. The molecule has 0 saturated carbocycles. The Balaban J connectivity index is 1.41. The van der Waals surface area contributed by atoms with Crippen molar-refractivity contribution in [2.24, 2.45) is 5.92 Å². The number of carbonyl (C=O) groups is 1. The molecule has 0 unspecified atom stereocenters. The number of methoxy groups -OCH3 is 2. The van der Waals surface area contributed by atoms with Crippen molar-refractivity contribution in [2.75, 3.05) is 32.6 Å². The van der Waals surface area contributed by atoms with E-state index in [0.717, 1.165) is 0 Å². The van der Waals surface area contributed by atoms with Gasteiger partial charge in [0.25, 0.3) is 0 Å². The minimum atomic E-state index is -3.77. The van der Waals surface area contributed by atoms with E-state index in [2.05, 4.69) is 10.3 Å². The summed E-state index contributed by atoms with van der Waals surface area (Å²) in [6.07, 6.45) is 0.777. The number of H-pyrrole nitrogens is 1. The highest BCUT2D eigenvalue weighted by Gasteiger charge is 2.32. The lowest BCUT2D eigenvalue weighted by atomic mass is 9.97. The van der Waals surface area contributed by atoms with Crippen LogP contribution in [0.2, 0.25) is 0 Å². The van der Waals surface area contributed by atoms with Gasteiger partial charge in [-0.05, 0) is 37.1 Å². The second-order valence-electron chi connectivity index (χ2n) is 7.41. The maximum atomic E-state index is 13.0. The van der Waals surface area contributed by atoms with Crippen LogP contribution in [0.25, 0.3) is 11.1 Å². The molecule has 0 radical (unpaired) electrons. The molecular formula is C21H23N3O7S. The average Bonchev–Trinajstić information content (AvgIpc) is 3.18. The molecule has 0 bridgehead atoms. The van der Waals surface area contributed by atoms with Crippen LogP contribution in [0.15, 0.2) is 50.5 Å². The number of sulfonamides is 1. The van der Waals surface area contributed by atoms with E-state index in [1.807, 2.05) is 0 Å². The first-order valence-electron chi connectivity index (χ1n) is 9.97. The third-order valence-electron chi connectivity index (χ3n) is 5.51. The summed E-state index contributed by atoms with van der Waals surface area (Å²) >= 11 is 0. The first kappa shape index (κ1) is 21.9. The molecule has 32 heavy (non-hydrogen) atoms. The largest absolute Gasteiger partial charge is 0.493 e. The van der Waals surface area contributed by atoms with E-state index in [0.29, 0.717) is 35.5 Å². The van der Waals surface area contributed by atoms with Crippen LogP contribution in [0.5, 0.6) is 11.5 Å². The molecule has 1 aromatic heterocycles. The fourth-order valence-corrected chi connectivity index (χ4v) is 5.24. The van der Waals surface area contributed by atoms with Gasteiger partial charge < -0.3 is 19.2 Å². The van der Waals surface area contributed by atoms with Crippen LogP contribution in [-0.4, -0.2) is 50.9 Å². The van der Waals surface area contributed by atoms with Crippen molar-refractivity contribution in [3.05, 3.63) is 46.9 Å². The minimum Gasteiger partial charge on any atom is -0.493 e. The van der Waals surface area contributed by atoms with Crippen LogP contribution in [0.3, 0.4) is 0 Å². The molecule has 1 aliphatic heterocycles. The van der Waals surface area contributed by atoms with E-state index in [9.17, 15) is 18.0 Å². The molecule has 2 heterocycles.